The first-order chi connectivity index (χ1) is 8.71. The van der Waals surface area contributed by atoms with Gasteiger partial charge in [-0.2, -0.15) is 0 Å². The highest BCUT2D eigenvalue weighted by atomic mass is 32.1. The van der Waals surface area contributed by atoms with E-state index >= 15 is 0 Å². The van der Waals surface area contributed by atoms with Crippen LogP contribution in [-0.4, -0.2) is 44.4 Å². The van der Waals surface area contributed by atoms with Crippen LogP contribution in [0.3, 0.4) is 0 Å². The van der Waals surface area contributed by atoms with Crippen LogP contribution in [0.1, 0.15) is 19.5 Å². The number of carbonyl (C=O) groups excluding carboxylic acids is 1. The van der Waals surface area contributed by atoms with Crippen molar-refractivity contribution in [1.29, 1.82) is 0 Å². The molecule has 1 heterocycles. The average molecular weight is 272 g/mol. The topological polar surface area (TPSA) is 51.7 Å². The van der Waals surface area contributed by atoms with Crippen molar-refractivity contribution in [3.8, 4) is 0 Å². The van der Waals surface area contributed by atoms with Gasteiger partial charge in [0.2, 0.25) is 0 Å². The Balaban J connectivity index is 2.55. The highest BCUT2D eigenvalue weighted by Crippen LogP contribution is 2.20. The highest BCUT2D eigenvalue weighted by molar-refractivity contribution is 7.13. The molecule has 1 aromatic rings. The van der Waals surface area contributed by atoms with E-state index in [0.29, 0.717) is 6.61 Å². The zero-order chi connectivity index (χ0) is 13.4. The first-order valence-electron chi connectivity index (χ1n) is 6.05. The molecule has 0 unspecified atom stereocenters. The van der Waals surface area contributed by atoms with E-state index in [9.17, 15) is 4.79 Å². The van der Waals surface area contributed by atoms with E-state index in [0.717, 1.165) is 30.5 Å². The molecule has 0 aliphatic carbocycles. The smallest absolute Gasteiger partial charge is 0.311 e. The van der Waals surface area contributed by atoms with Crippen molar-refractivity contribution in [2.45, 2.75) is 20.3 Å². The molecule has 6 heteroatoms. The van der Waals surface area contributed by atoms with Crippen LogP contribution in [0.4, 0.5) is 5.13 Å². The zero-order valence-corrected chi connectivity index (χ0v) is 12.0. The fourth-order valence-electron chi connectivity index (χ4n) is 1.45. The standard InChI is InChI=1S/C12H20N2O3S/c1-4-14(6-7-17-5-2)12-13-10(9-18-12)8-11(15)16-3/h9H,4-8H2,1-3H3. The number of methoxy groups -OCH3 is 1. The number of likely N-dealkylation sites (N-methyl/N-ethyl adjacent to an activating group) is 1. The molecule has 102 valence electrons. The molecule has 0 bridgehead atoms. The van der Waals surface area contributed by atoms with Crippen molar-refractivity contribution in [3.05, 3.63) is 11.1 Å². The molecule has 0 aliphatic rings. The quantitative estimate of drug-likeness (QED) is 0.533. The molecule has 5 nitrogen and oxygen atoms in total. The second-order valence-electron chi connectivity index (χ2n) is 3.65. The summed E-state index contributed by atoms with van der Waals surface area (Å²) < 4.78 is 9.96. The van der Waals surface area contributed by atoms with Gasteiger partial charge in [-0.15, -0.1) is 11.3 Å². The highest BCUT2D eigenvalue weighted by Gasteiger charge is 2.11. The van der Waals surface area contributed by atoms with Gasteiger partial charge in [0.1, 0.15) is 0 Å². The van der Waals surface area contributed by atoms with Crippen molar-refractivity contribution < 1.29 is 14.3 Å². The number of nitrogens with zero attached hydrogens (tertiary/aromatic N) is 2. The summed E-state index contributed by atoms with van der Waals surface area (Å²) in [7, 11) is 1.38. The molecular weight excluding hydrogens is 252 g/mol. The number of hydrogen-bond acceptors (Lipinski definition) is 6. The molecule has 0 fully saturated rings. The molecule has 0 saturated carbocycles. The molecule has 0 spiro atoms. The first kappa shape index (κ1) is 14.9. The summed E-state index contributed by atoms with van der Waals surface area (Å²) in [6.07, 6.45) is 0.232. The maximum Gasteiger partial charge on any atom is 0.311 e. The summed E-state index contributed by atoms with van der Waals surface area (Å²) in [4.78, 5) is 17.7. The van der Waals surface area contributed by atoms with Crippen molar-refractivity contribution >= 4 is 22.4 Å². The van der Waals surface area contributed by atoms with Gasteiger partial charge in [0.05, 0.1) is 25.8 Å². The Morgan fingerprint density at radius 3 is 2.89 bits per heavy atom. The summed E-state index contributed by atoms with van der Waals surface area (Å²) in [6, 6.07) is 0. The summed E-state index contributed by atoms with van der Waals surface area (Å²) in [5.41, 5.74) is 0.761. The number of ether oxygens (including phenoxy) is 2. The van der Waals surface area contributed by atoms with Gasteiger partial charge in [-0.1, -0.05) is 0 Å². The van der Waals surface area contributed by atoms with Crippen LogP contribution in [-0.2, 0) is 20.7 Å². The van der Waals surface area contributed by atoms with Gasteiger partial charge in [-0.3, -0.25) is 4.79 Å². The van der Waals surface area contributed by atoms with Crippen molar-refractivity contribution in [2.75, 3.05) is 38.3 Å². The molecular formula is C12H20N2O3S. The molecule has 0 saturated heterocycles. The monoisotopic (exact) mass is 272 g/mol. The third-order valence-corrected chi connectivity index (χ3v) is 3.40. The minimum atomic E-state index is -0.260. The normalized spacial score (nSPS) is 10.4. The lowest BCUT2D eigenvalue weighted by Crippen LogP contribution is -2.27. The number of thiazole rings is 1. The summed E-state index contributed by atoms with van der Waals surface area (Å²) in [5, 5.41) is 2.83. The van der Waals surface area contributed by atoms with Crippen LogP contribution in [0.25, 0.3) is 0 Å². The van der Waals surface area contributed by atoms with Crippen LogP contribution in [0.15, 0.2) is 5.38 Å². The Kier molecular flexibility index (Phi) is 6.67. The largest absolute Gasteiger partial charge is 0.469 e. The molecule has 0 N–H and O–H groups in total. The third-order valence-electron chi connectivity index (χ3n) is 2.45. The summed E-state index contributed by atoms with van der Waals surface area (Å²) in [6.45, 7) is 7.16. The van der Waals surface area contributed by atoms with E-state index in [4.69, 9.17) is 4.74 Å². The van der Waals surface area contributed by atoms with Gasteiger partial charge in [0.25, 0.3) is 0 Å². The molecule has 1 aromatic heterocycles. The van der Waals surface area contributed by atoms with Gasteiger partial charge < -0.3 is 14.4 Å². The fourth-order valence-corrected chi connectivity index (χ4v) is 2.37. The Morgan fingerprint density at radius 2 is 2.28 bits per heavy atom. The lowest BCUT2D eigenvalue weighted by Gasteiger charge is -2.19. The Hall–Kier alpha value is -1.14. The molecule has 0 amide bonds. The van der Waals surface area contributed by atoms with E-state index in [-0.39, 0.29) is 12.4 Å². The van der Waals surface area contributed by atoms with Crippen molar-refractivity contribution in [1.82, 2.24) is 4.98 Å². The Morgan fingerprint density at radius 1 is 1.50 bits per heavy atom. The van der Waals surface area contributed by atoms with E-state index in [1.54, 1.807) is 11.3 Å². The molecule has 0 aliphatic heterocycles. The lowest BCUT2D eigenvalue weighted by molar-refractivity contribution is -0.139. The van der Waals surface area contributed by atoms with E-state index < -0.39 is 0 Å². The van der Waals surface area contributed by atoms with Crippen LogP contribution >= 0.6 is 11.3 Å². The predicted octanol–water partition coefficient (Wildman–Crippen LogP) is 1.72. The van der Waals surface area contributed by atoms with Crippen LogP contribution in [0.5, 0.6) is 0 Å². The van der Waals surface area contributed by atoms with Gasteiger partial charge in [-0.05, 0) is 13.8 Å². The first-order valence-corrected chi connectivity index (χ1v) is 6.93. The number of esters is 1. The summed E-state index contributed by atoms with van der Waals surface area (Å²) in [5.74, 6) is -0.260. The van der Waals surface area contributed by atoms with Crippen LogP contribution < -0.4 is 4.90 Å². The van der Waals surface area contributed by atoms with Crippen molar-refractivity contribution in [3.63, 3.8) is 0 Å². The Bertz CT molecular complexity index is 368. The second kappa shape index (κ2) is 8.05. The zero-order valence-electron chi connectivity index (χ0n) is 11.1. The summed E-state index contributed by atoms with van der Waals surface area (Å²) >= 11 is 1.54. The minimum absolute atomic E-state index is 0.232. The van der Waals surface area contributed by atoms with Gasteiger partial charge in [0, 0.05) is 25.1 Å². The molecule has 18 heavy (non-hydrogen) atoms. The fraction of sp³-hybridized carbons (Fsp3) is 0.667. The van der Waals surface area contributed by atoms with E-state index in [1.807, 2.05) is 12.3 Å². The van der Waals surface area contributed by atoms with Crippen LogP contribution in [0.2, 0.25) is 0 Å². The second-order valence-corrected chi connectivity index (χ2v) is 4.49. The lowest BCUT2D eigenvalue weighted by atomic mass is 10.3. The average Bonchev–Trinajstić information content (AvgIpc) is 2.83. The number of carbonyl (C=O) groups is 1. The van der Waals surface area contributed by atoms with E-state index in [1.165, 1.54) is 7.11 Å². The van der Waals surface area contributed by atoms with Crippen LogP contribution in [0, 0.1) is 0 Å². The number of aromatic nitrogens is 1. The van der Waals surface area contributed by atoms with E-state index in [2.05, 4.69) is 21.5 Å². The van der Waals surface area contributed by atoms with Crippen molar-refractivity contribution in [2.24, 2.45) is 0 Å². The molecule has 0 radical (unpaired) electrons. The number of anilines is 1. The number of rotatable bonds is 8. The third kappa shape index (κ3) is 4.62. The van der Waals surface area contributed by atoms with Gasteiger partial charge in [0.15, 0.2) is 5.13 Å². The molecule has 0 atom stereocenters. The van der Waals surface area contributed by atoms with Gasteiger partial charge >= 0.3 is 5.97 Å². The molecule has 0 aromatic carbocycles. The van der Waals surface area contributed by atoms with Gasteiger partial charge in [-0.25, -0.2) is 4.98 Å². The molecule has 1 rings (SSSR count). The number of hydrogen-bond donors (Lipinski definition) is 0. The Labute approximate surface area is 112 Å². The maximum atomic E-state index is 11.1. The minimum Gasteiger partial charge on any atom is -0.469 e. The SMILES string of the molecule is CCOCCN(CC)c1nc(CC(=O)OC)cs1. The maximum absolute atomic E-state index is 11.1. The predicted molar refractivity (Wildman–Crippen MR) is 72.2 cm³/mol.